The van der Waals surface area contributed by atoms with Crippen molar-refractivity contribution < 1.29 is 4.79 Å². The highest BCUT2D eigenvalue weighted by atomic mass is 32.1. The monoisotopic (exact) mass is 199 g/mol. The summed E-state index contributed by atoms with van der Waals surface area (Å²) >= 11 is 1.27. The van der Waals surface area contributed by atoms with Crippen LogP contribution in [0.3, 0.4) is 0 Å². The first-order chi connectivity index (χ1) is 6.15. The zero-order chi connectivity index (χ0) is 9.84. The molecule has 1 amide bonds. The van der Waals surface area contributed by atoms with Gasteiger partial charge in [-0.15, -0.1) is 0 Å². The van der Waals surface area contributed by atoms with Gasteiger partial charge in [-0.25, -0.2) is 0 Å². The molecule has 1 rings (SSSR count). The lowest BCUT2D eigenvalue weighted by Gasteiger charge is -2.07. The Morgan fingerprint density at radius 1 is 1.62 bits per heavy atom. The van der Waals surface area contributed by atoms with E-state index in [1.165, 1.54) is 11.5 Å². The van der Waals surface area contributed by atoms with Crippen LogP contribution in [0.1, 0.15) is 24.3 Å². The van der Waals surface area contributed by atoms with Crippen LogP contribution in [0.15, 0.2) is 5.38 Å². The van der Waals surface area contributed by atoms with Crippen molar-refractivity contribution in [3.8, 4) is 0 Å². The van der Waals surface area contributed by atoms with E-state index in [1.807, 2.05) is 19.2 Å². The van der Waals surface area contributed by atoms with Gasteiger partial charge >= 0.3 is 0 Å². The second-order valence-electron chi connectivity index (χ2n) is 2.95. The summed E-state index contributed by atoms with van der Waals surface area (Å²) in [6.45, 7) is 3.84. The number of rotatable bonds is 3. The minimum atomic E-state index is -0.124. The maximum absolute atomic E-state index is 11.5. The Hall–Kier alpha value is -1.10. The largest absolute Gasteiger partial charge is 0.385 e. The molecule has 0 unspecified atom stereocenters. The van der Waals surface area contributed by atoms with Crippen LogP contribution in [-0.4, -0.2) is 23.4 Å². The van der Waals surface area contributed by atoms with Crippen LogP contribution in [0.25, 0.3) is 0 Å². The summed E-state index contributed by atoms with van der Waals surface area (Å²) in [4.78, 5) is 11.5. The van der Waals surface area contributed by atoms with E-state index in [2.05, 4.69) is 15.0 Å². The molecule has 0 aliphatic carbocycles. The van der Waals surface area contributed by atoms with Gasteiger partial charge in [0.1, 0.15) is 0 Å². The Morgan fingerprint density at radius 2 is 2.31 bits per heavy atom. The van der Waals surface area contributed by atoms with Crippen molar-refractivity contribution in [3.63, 3.8) is 0 Å². The van der Waals surface area contributed by atoms with Crippen LogP contribution < -0.4 is 10.6 Å². The van der Waals surface area contributed by atoms with Gasteiger partial charge < -0.3 is 10.6 Å². The van der Waals surface area contributed by atoms with Crippen molar-refractivity contribution in [3.05, 3.63) is 11.1 Å². The van der Waals surface area contributed by atoms with Gasteiger partial charge in [0.15, 0.2) is 5.69 Å². The first-order valence-corrected chi connectivity index (χ1v) is 4.91. The van der Waals surface area contributed by atoms with Gasteiger partial charge in [0.05, 0.1) is 5.69 Å². The van der Waals surface area contributed by atoms with Gasteiger partial charge in [-0.3, -0.25) is 4.79 Å². The molecule has 13 heavy (non-hydrogen) atoms. The van der Waals surface area contributed by atoms with Gasteiger partial charge in [0, 0.05) is 18.5 Å². The molecule has 0 bridgehead atoms. The Kier molecular flexibility index (Phi) is 3.25. The summed E-state index contributed by atoms with van der Waals surface area (Å²) in [6, 6.07) is 0.138. The fraction of sp³-hybridized carbons (Fsp3) is 0.500. The molecule has 0 radical (unpaired) electrons. The lowest BCUT2D eigenvalue weighted by molar-refractivity contribution is 0.0940. The summed E-state index contributed by atoms with van der Waals surface area (Å²) in [5, 5.41) is 7.52. The average Bonchev–Trinajstić information content (AvgIpc) is 2.49. The molecule has 2 N–H and O–H groups in total. The first-order valence-electron chi connectivity index (χ1n) is 4.08. The van der Waals surface area contributed by atoms with Crippen LogP contribution in [0, 0.1) is 0 Å². The molecule has 0 aliphatic rings. The molecule has 0 aliphatic heterocycles. The van der Waals surface area contributed by atoms with Gasteiger partial charge in [-0.05, 0) is 25.4 Å². The van der Waals surface area contributed by atoms with Crippen molar-refractivity contribution in [2.75, 3.05) is 12.4 Å². The van der Waals surface area contributed by atoms with Crippen LogP contribution in [-0.2, 0) is 0 Å². The van der Waals surface area contributed by atoms with Crippen molar-refractivity contribution >= 4 is 23.1 Å². The molecule has 5 heteroatoms. The van der Waals surface area contributed by atoms with E-state index in [-0.39, 0.29) is 11.9 Å². The number of hydrogen-bond acceptors (Lipinski definition) is 4. The van der Waals surface area contributed by atoms with E-state index in [1.54, 1.807) is 7.05 Å². The lowest BCUT2D eigenvalue weighted by atomic mass is 10.3. The van der Waals surface area contributed by atoms with E-state index in [0.717, 1.165) is 5.69 Å². The van der Waals surface area contributed by atoms with E-state index in [0.29, 0.717) is 5.69 Å². The van der Waals surface area contributed by atoms with Gasteiger partial charge in [-0.1, -0.05) is 0 Å². The van der Waals surface area contributed by atoms with Crippen molar-refractivity contribution in [1.29, 1.82) is 0 Å². The Balaban J connectivity index is 2.76. The number of aromatic nitrogens is 1. The number of carbonyl (C=O) groups excluding carboxylic acids is 1. The Morgan fingerprint density at radius 3 is 2.85 bits per heavy atom. The number of nitrogens with one attached hydrogen (secondary N) is 2. The van der Waals surface area contributed by atoms with E-state index in [4.69, 9.17) is 0 Å². The molecule has 0 saturated carbocycles. The summed E-state index contributed by atoms with van der Waals surface area (Å²) in [6.07, 6.45) is 0. The molecular weight excluding hydrogens is 186 g/mol. The first kappa shape index (κ1) is 9.98. The number of hydrogen-bond donors (Lipinski definition) is 2. The maximum atomic E-state index is 11.5. The lowest BCUT2D eigenvalue weighted by Crippen LogP contribution is -2.30. The van der Waals surface area contributed by atoms with Gasteiger partial charge in [0.2, 0.25) is 0 Å². The summed E-state index contributed by atoms with van der Waals surface area (Å²) in [7, 11) is 1.77. The third-order valence-corrected chi connectivity index (χ3v) is 2.10. The molecule has 0 fully saturated rings. The topological polar surface area (TPSA) is 54.0 Å². The molecule has 0 spiro atoms. The predicted molar refractivity (Wildman–Crippen MR) is 54.3 cm³/mol. The molecule has 1 aromatic rings. The van der Waals surface area contributed by atoms with E-state index in [9.17, 15) is 4.79 Å². The average molecular weight is 199 g/mol. The standard InChI is InChI=1S/C8H13N3OS/c1-5(2)10-8(12)7-6(9-3)4-13-11-7/h4-5,9H,1-3H3,(H,10,12). The molecule has 1 aromatic heterocycles. The third-order valence-electron chi connectivity index (χ3n) is 1.47. The van der Waals surface area contributed by atoms with Crippen LogP contribution in [0.2, 0.25) is 0 Å². The minimum absolute atomic E-state index is 0.124. The summed E-state index contributed by atoms with van der Waals surface area (Å²) in [5.74, 6) is -0.124. The summed E-state index contributed by atoms with van der Waals surface area (Å²) in [5.41, 5.74) is 1.25. The molecule has 0 saturated heterocycles. The highest BCUT2D eigenvalue weighted by Crippen LogP contribution is 2.15. The van der Waals surface area contributed by atoms with Crippen LogP contribution in [0.5, 0.6) is 0 Å². The molecule has 0 atom stereocenters. The van der Waals surface area contributed by atoms with Crippen LogP contribution >= 0.6 is 11.5 Å². The smallest absolute Gasteiger partial charge is 0.273 e. The van der Waals surface area contributed by atoms with Gasteiger partial charge in [-0.2, -0.15) is 4.37 Å². The minimum Gasteiger partial charge on any atom is -0.385 e. The van der Waals surface area contributed by atoms with Crippen molar-refractivity contribution in [2.45, 2.75) is 19.9 Å². The molecule has 1 heterocycles. The fourth-order valence-corrected chi connectivity index (χ4v) is 1.58. The van der Waals surface area contributed by atoms with Gasteiger partial charge in [0.25, 0.3) is 5.91 Å². The summed E-state index contributed by atoms with van der Waals surface area (Å²) < 4.78 is 4.01. The second kappa shape index (κ2) is 4.23. The number of nitrogens with zero attached hydrogens (tertiary/aromatic N) is 1. The van der Waals surface area contributed by atoms with Crippen LogP contribution in [0.4, 0.5) is 5.69 Å². The highest BCUT2D eigenvalue weighted by molar-refractivity contribution is 7.04. The Labute approximate surface area is 81.5 Å². The molecular formula is C8H13N3OS. The third kappa shape index (κ3) is 2.42. The zero-order valence-corrected chi connectivity index (χ0v) is 8.73. The molecule has 72 valence electrons. The highest BCUT2D eigenvalue weighted by Gasteiger charge is 2.13. The SMILES string of the molecule is CNc1csnc1C(=O)NC(C)C. The number of carbonyl (C=O) groups is 1. The van der Waals surface area contributed by atoms with Crippen molar-refractivity contribution in [2.24, 2.45) is 0 Å². The predicted octanol–water partition coefficient (Wildman–Crippen LogP) is 1.32. The normalized spacial score (nSPS) is 10.2. The quantitative estimate of drug-likeness (QED) is 0.772. The maximum Gasteiger partial charge on any atom is 0.273 e. The van der Waals surface area contributed by atoms with E-state index >= 15 is 0 Å². The number of anilines is 1. The zero-order valence-electron chi connectivity index (χ0n) is 7.92. The van der Waals surface area contributed by atoms with E-state index < -0.39 is 0 Å². The molecule has 0 aromatic carbocycles. The fourth-order valence-electron chi connectivity index (χ4n) is 0.908. The molecule has 4 nitrogen and oxygen atoms in total. The second-order valence-corrected chi connectivity index (χ2v) is 3.58. The Bertz CT molecular complexity index is 295. The number of amides is 1. The van der Waals surface area contributed by atoms with Crippen molar-refractivity contribution in [1.82, 2.24) is 9.69 Å².